The number of allylic oxidation sites excluding steroid dienone is 1. The quantitative estimate of drug-likeness (QED) is 0.649. The average Bonchev–Trinajstić information content (AvgIpc) is 2.62. The molecule has 0 bridgehead atoms. The van der Waals surface area contributed by atoms with Gasteiger partial charge in [-0.25, -0.2) is 0 Å². The number of hydrogen-bond acceptors (Lipinski definition) is 0. The molecule has 0 N–H and O–H groups in total. The van der Waals surface area contributed by atoms with Gasteiger partial charge in [-0.3, -0.25) is 0 Å². The van der Waals surface area contributed by atoms with Gasteiger partial charge in [0.05, 0.1) is 0 Å². The summed E-state index contributed by atoms with van der Waals surface area (Å²) in [6.07, 6.45) is 4.43. The molecule has 1 aromatic rings. The van der Waals surface area contributed by atoms with Crippen molar-refractivity contribution in [3.05, 3.63) is 47.4 Å². The fourth-order valence-electron chi connectivity index (χ4n) is 1.68. The minimum atomic E-state index is -2.92. The van der Waals surface area contributed by atoms with Crippen LogP contribution in [0.5, 0.6) is 0 Å². The Morgan fingerprint density at radius 3 is 2.27 bits per heavy atom. The van der Waals surface area contributed by atoms with Gasteiger partial charge in [-0.1, -0.05) is 50.3 Å². The van der Waals surface area contributed by atoms with Crippen LogP contribution in [-0.4, -0.2) is 0 Å². The molecule has 0 saturated heterocycles. The molecule has 0 fully saturated rings. The third kappa shape index (κ3) is 3.33. The van der Waals surface area contributed by atoms with E-state index in [-0.39, 0.29) is 0 Å². The number of benzene rings is 1. The Balaban J connectivity index is 0.000000337. The van der Waals surface area contributed by atoms with Crippen molar-refractivity contribution in [1.82, 2.24) is 0 Å². The molecule has 1 radical (unpaired) electrons. The molecule has 0 spiro atoms. The van der Waals surface area contributed by atoms with Crippen LogP contribution >= 0.6 is 0 Å². The van der Waals surface area contributed by atoms with Gasteiger partial charge in [0.25, 0.3) is 0 Å². The van der Waals surface area contributed by atoms with Crippen LogP contribution in [0.3, 0.4) is 0 Å². The van der Waals surface area contributed by atoms with Gasteiger partial charge in [0, 0.05) is 5.92 Å². The van der Waals surface area contributed by atoms with Crippen molar-refractivity contribution in [2.45, 2.75) is 13.8 Å². The van der Waals surface area contributed by atoms with E-state index in [1.54, 1.807) is 0 Å². The third-order valence-corrected chi connectivity index (χ3v) is 2.34. The van der Waals surface area contributed by atoms with Crippen molar-refractivity contribution in [1.29, 1.82) is 0 Å². The predicted octanol–water partition coefficient (Wildman–Crippen LogP) is 4.13. The van der Waals surface area contributed by atoms with Crippen molar-refractivity contribution in [2.24, 2.45) is 5.92 Å². The molecule has 0 saturated carbocycles. The maximum atomic E-state index is 9.82. The van der Waals surface area contributed by atoms with Crippen LogP contribution in [0.25, 0.3) is 6.08 Å². The molecule has 0 atom stereocenters. The van der Waals surface area contributed by atoms with E-state index < -0.39 is 24.1 Å². The van der Waals surface area contributed by atoms with E-state index in [4.69, 9.17) is 0 Å². The van der Waals surface area contributed by atoms with E-state index in [0.717, 1.165) is 0 Å². The molecule has 1 aromatic carbocycles. The topological polar surface area (TPSA) is 0 Å². The fraction of sp³-hybridized carbons (Fsp3) is 0.250. The SMILES string of the molecule is CC(C)[C]1C=Cc2ccccc21.[F][Hf][F]. The molecule has 0 aromatic heterocycles. The molecule has 0 amide bonds. The molecule has 15 heavy (non-hydrogen) atoms. The Bertz CT molecular complexity index is 334. The van der Waals surface area contributed by atoms with E-state index in [0.29, 0.717) is 5.92 Å². The van der Waals surface area contributed by atoms with Gasteiger partial charge in [-0.2, -0.15) is 0 Å². The summed E-state index contributed by atoms with van der Waals surface area (Å²) in [5, 5.41) is 0. The molecule has 0 heterocycles. The number of rotatable bonds is 1. The molecule has 0 nitrogen and oxygen atoms in total. The second-order valence-electron chi connectivity index (χ2n) is 3.60. The van der Waals surface area contributed by atoms with Crippen LogP contribution in [0.2, 0.25) is 0 Å². The van der Waals surface area contributed by atoms with Gasteiger partial charge in [0.2, 0.25) is 0 Å². The van der Waals surface area contributed by atoms with Crippen LogP contribution in [0, 0.1) is 11.8 Å². The molecule has 1 aliphatic rings. The molecule has 0 unspecified atom stereocenters. The van der Waals surface area contributed by atoms with Gasteiger partial charge < -0.3 is 0 Å². The van der Waals surface area contributed by atoms with Gasteiger partial charge in [0.1, 0.15) is 0 Å². The number of hydrogen-bond donors (Lipinski definition) is 0. The number of fused-ring (bicyclic) bond motifs is 1. The summed E-state index contributed by atoms with van der Waals surface area (Å²) in [6.45, 7) is 4.48. The van der Waals surface area contributed by atoms with Gasteiger partial charge >= 0.3 is 29.4 Å². The molecule has 1 aliphatic carbocycles. The van der Waals surface area contributed by atoms with Crippen LogP contribution in [0.15, 0.2) is 30.3 Å². The first-order valence-electron chi connectivity index (χ1n) is 4.81. The van der Waals surface area contributed by atoms with Crippen molar-refractivity contribution < 1.29 is 29.4 Å². The van der Waals surface area contributed by atoms with E-state index in [2.05, 4.69) is 50.3 Å². The summed E-state index contributed by atoms with van der Waals surface area (Å²) in [6, 6.07) is 8.56. The van der Waals surface area contributed by atoms with E-state index >= 15 is 0 Å². The molecule has 3 heteroatoms. The van der Waals surface area contributed by atoms with Gasteiger partial charge in [-0.15, -0.1) is 0 Å². The minimum absolute atomic E-state index is 0.630. The van der Waals surface area contributed by atoms with Crippen molar-refractivity contribution in [2.75, 3.05) is 0 Å². The van der Waals surface area contributed by atoms with Crippen LogP contribution in [0.4, 0.5) is 5.33 Å². The van der Waals surface area contributed by atoms with Crippen molar-refractivity contribution in [3.63, 3.8) is 0 Å². The van der Waals surface area contributed by atoms with Crippen molar-refractivity contribution >= 4 is 6.08 Å². The predicted molar refractivity (Wildman–Crippen MR) is 54.9 cm³/mol. The first-order chi connectivity index (χ1) is 7.20. The number of halogens is 2. The fourth-order valence-corrected chi connectivity index (χ4v) is 1.68. The Morgan fingerprint density at radius 2 is 1.67 bits per heavy atom. The van der Waals surface area contributed by atoms with E-state index in [1.807, 2.05) is 0 Å². The van der Waals surface area contributed by atoms with Crippen LogP contribution < -0.4 is 0 Å². The normalized spacial score (nSPS) is 13.4. The zero-order valence-corrected chi connectivity index (χ0v) is 12.4. The van der Waals surface area contributed by atoms with Crippen molar-refractivity contribution in [3.8, 4) is 0 Å². The molecular formula is C12H13F2Hf. The van der Waals surface area contributed by atoms with Gasteiger partial charge in [-0.05, 0) is 17.0 Å². The second kappa shape index (κ2) is 6.31. The summed E-state index contributed by atoms with van der Waals surface area (Å²) >= 11 is -2.92. The summed E-state index contributed by atoms with van der Waals surface area (Å²) in [5.41, 5.74) is 2.77. The summed E-state index contributed by atoms with van der Waals surface area (Å²) < 4.78 is 19.6. The molecule has 0 aliphatic heterocycles. The van der Waals surface area contributed by atoms with E-state index in [9.17, 15) is 5.33 Å². The first kappa shape index (κ1) is 12.8. The monoisotopic (exact) mass is 375 g/mol. The first-order valence-corrected chi connectivity index (χ1v) is 7.53. The molecule has 2 rings (SSSR count). The summed E-state index contributed by atoms with van der Waals surface area (Å²) in [4.78, 5) is 0. The zero-order chi connectivity index (χ0) is 11.3. The second-order valence-corrected chi connectivity index (χ2v) is 4.12. The van der Waals surface area contributed by atoms with E-state index in [1.165, 1.54) is 17.0 Å². The van der Waals surface area contributed by atoms with Gasteiger partial charge in [0.15, 0.2) is 0 Å². The maximum absolute atomic E-state index is 9.82. The molecular weight excluding hydrogens is 361 g/mol. The Hall–Kier alpha value is -0.310. The van der Waals surface area contributed by atoms with Crippen LogP contribution in [0.1, 0.15) is 25.0 Å². The summed E-state index contributed by atoms with van der Waals surface area (Å²) in [5.74, 6) is 2.09. The molecule has 79 valence electrons. The third-order valence-electron chi connectivity index (χ3n) is 2.34. The standard InChI is InChI=1S/C12H13.2FH.Hf/c1-9(2)11-8-7-10-5-3-4-6-12(10)11;;;/h3-9H,1-2H3;2*1H;/q;;;+2/p-2. The average molecular weight is 374 g/mol. The van der Waals surface area contributed by atoms with Crippen LogP contribution in [-0.2, 0) is 24.1 Å². The Kier molecular flexibility index (Phi) is 5.37. The zero-order valence-electron chi connectivity index (χ0n) is 8.80. The Labute approximate surface area is 102 Å². The summed E-state index contributed by atoms with van der Waals surface area (Å²) in [7, 11) is 0. The Morgan fingerprint density at radius 1 is 1.07 bits per heavy atom.